The number of hydrogen-bond donors (Lipinski definition) is 0. The van der Waals surface area contributed by atoms with Gasteiger partial charge in [-0.2, -0.15) is 0 Å². The fraction of sp³-hybridized carbons (Fsp3) is 0. The molecular weight excluding hydrogens is 189 g/mol. The van der Waals surface area contributed by atoms with E-state index in [4.69, 9.17) is 0 Å². The third kappa shape index (κ3) is 9.68. The van der Waals surface area contributed by atoms with Crippen molar-refractivity contribution in [3.8, 4) is 0 Å². The molecule has 0 aromatic heterocycles. The molecule has 35 valence electrons. The Morgan fingerprint density at radius 1 is 0.500 bits per heavy atom. The molecule has 0 rings (SSSR count). The Balaban J connectivity index is 0. The van der Waals surface area contributed by atoms with E-state index in [2.05, 4.69) is 0 Å². The van der Waals surface area contributed by atoms with E-state index in [9.17, 15) is 0 Å². The molecule has 0 atom stereocenters. The minimum absolute atomic E-state index is 0. The van der Waals surface area contributed by atoms with Crippen molar-refractivity contribution in [2.75, 3.05) is 0 Å². The smallest absolute Gasteiger partial charge is 0 e. The Labute approximate surface area is 57.7 Å². The van der Waals surface area contributed by atoms with Gasteiger partial charge in [0.1, 0.15) is 0 Å². The van der Waals surface area contributed by atoms with Crippen LogP contribution in [0, 0.1) is 7.43 Å². The van der Waals surface area contributed by atoms with Gasteiger partial charge >= 0.3 is 0 Å². The molecule has 0 fully saturated rings. The van der Waals surface area contributed by atoms with E-state index in [0.29, 0.717) is 0 Å². The van der Waals surface area contributed by atoms with Crippen LogP contribution in [0.3, 0.4) is 0 Å². The molecule has 0 unspecified atom stereocenters. The van der Waals surface area contributed by atoms with Gasteiger partial charge in [0, 0.05) is 50.3 Å². The summed E-state index contributed by atoms with van der Waals surface area (Å²) in [6.45, 7) is 0. The number of rotatable bonds is 0. The number of hydrogen-bond acceptors (Lipinski definition) is 0. The molecule has 0 aromatic carbocycles. The molecule has 3 heteroatoms. The maximum atomic E-state index is 0. The van der Waals surface area contributed by atoms with Crippen LogP contribution in [0.5, 0.6) is 0 Å². The van der Waals surface area contributed by atoms with Crippen molar-refractivity contribution in [1.82, 2.24) is 0 Å². The monoisotopic (exact) mass is 192 g/mol. The molecular formula is CH3Co3-. The van der Waals surface area contributed by atoms with Crippen LogP contribution in [0.4, 0.5) is 0 Å². The zero-order valence-corrected chi connectivity index (χ0v) is 5.12. The van der Waals surface area contributed by atoms with E-state index >= 15 is 0 Å². The normalized spacial score (nSPS) is 0. The van der Waals surface area contributed by atoms with Crippen LogP contribution in [-0.4, -0.2) is 0 Å². The second-order valence-electron chi connectivity index (χ2n) is 0. The molecule has 0 bridgehead atoms. The SMILES string of the molecule is [CH3-].[Co].[Co].[Co]. The first kappa shape index (κ1) is 48.8. The molecule has 0 N–H and O–H groups in total. The average molecular weight is 192 g/mol. The fourth-order valence-electron chi connectivity index (χ4n) is 0. The molecule has 0 heterocycles. The van der Waals surface area contributed by atoms with Gasteiger partial charge < -0.3 is 7.43 Å². The standard InChI is InChI=1S/CH3.3Co/h1H3;;;/q-1;;;. The van der Waals surface area contributed by atoms with Gasteiger partial charge in [-0.3, -0.25) is 0 Å². The third-order valence-electron chi connectivity index (χ3n) is 0. The van der Waals surface area contributed by atoms with Crippen LogP contribution >= 0.6 is 0 Å². The second kappa shape index (κ2) is 24.2. The molecule has 0 aliphatic carbocycles. The summed E-state index contributed by atoms with van der Waals surface area (Å²) >= 11 is 0. The van der Waals surface area contributed by atoms with E-state index in [1.165, 1.54) is 0 Å². The topological polar surface area (TPSA) is 0 Å². The molecule has 3 radical (unpaired) electrons. The van der Waals surface area contributed by atoms with Gasteiger partial charge in [-0.15, -0.1) is 0 Å². The predicted molar refractivity (Wildman–Crippen MR) is 6.41 cm³/mol. The van der Waals surface area contributed by atoms with Gasteiger partial charge in [-0.25, -0.2) is 0 Å². The molecule has 0 amide bonds. The van der Waals surface area contributed by atoms with Gasteiger partial charge in [-0.1, -0.05) is 0 Å². The molecule has 0 nitrogen and oxygen atoms in total. The molecule has 0 aromatic rings. The molecule has 0 saturated carbocycles. The summed E-state index contributed by atoms with van der Waals surface area (Å²) in [5.74, 6) is 0. The second-order valence-corrected chi connectivity index (χ2v) is 0. The van der Waals surface area contributed by atoms with E-state index in [-0.39, 0.29) is 57.8 Å². The molecule has 4 heavy (non-hydrogen) atoms. The van der Waals surface area contributed by atoms with E-state index in [0.717, 1.165) is 0 Å². The van der Waals surface area contributed by atoms with Crippen molar-refractivity contribution in [2.24, 2.45) is 0 Å². The van der Waals surface area contributed by atoms with E-state index in [1.54, 1.807) is 0 Å². The summed E-state index contributed by atoms with van der Waals surface area (Å²) in [6, 6.07) is 0. The van der Waals surface area contributed by atoms with Crippen LogP contribution in [0.2, 0.25) is 0 Å². The van der Waals surface area contributed by atoms with Gasteiger partial charge in [-0.05, 0) is 0 Å². The van der Waals surface area contributed by atoms with Gasteiger partial charge in [0.2, 0.25) is 0 Å². The van der Waals surface area contributed by atoms with Gasteiger partial charge in [0.05, 0.1) is 0 Å². The molecule has 0 aliphatic heterocycles. The van der Waals surface area contributed by atoms with Crippen LogP contribution in [-0.2, 0) is 50.3 Å². The maximum Gasteiger partial charge on any atom is 0 e. The summed E-state index contributed by atoms with van der Waals surface area (Å²) in [7, 11) is 0. The quantitative estimate of drug-likeness (QED) is 0.488. The Hall–Kier alpha value is 1.52. The van der Waals surface area contributed by atoms with Crippen molar-refractivity contribution in [1.29, 1.82) is 0 Å². The first-order valence-electron chi connectivity index (χ1n) is 0. The Kier molecular flexibility index (Phi) is 296. The predicted octanol–water partition coefficient (Wildman–Crippen LogP) is 0.443. The van der Waals surface area contributed by atoms with E-state index < -0.39 is 0 Å². The average Bonchev–Trinajstić information content (AvgIpc) is 0. The summed E-state index contributed by atoms with van der Waals surface area (Å²) in [4.78, 5) is 0. The van der Waals surface area contributed by atoms with Crippen molar-refractivity contribution >= 4 is 0 Å². The molecule has 0 spiro atoms. The van der Waals surface area contributed by atoms with Crippen molar-refractivity contribution in [3.63, 3.8) is 0 Å². The third-order valence-corrected chi connectivity index (χ3v) is 0. The first-order valence-corrected chi connectivity index (χ1v) is 0. The van der Waals surface area contributed by atoms with E-state index in [1.807, 2.05) is 0 Å². The maximum absolute atomic E-state index is 0. The van der Waals surface area contributed by atoms with Crippen LogP contribution in [0.25, 0.3) is 0 Å². The minimum atomic E-state index is 0. The molecule has 0 saturated heterocycles. The van der Waals surface area contributed by atoms with Crippen molar-refractivity contribution < 1.29 is 50.3 Å². The van der Waals surface area contributed by atoms with Gasteiger partial charge in [0.15, 0.2) is 0 Å². The molecule has 0 aliphatic rings. The van der Waals surface area contributed by atoms with Crippen LogP contribution < -0.4 is 0 Å². The zero-order valence-electron chi connectivity index (χ0n) is 2.00. The zero-order chi connectivity index (χ0) is 0. The first-order chi connectivity index (χ1) is 0. The van der Waals surface area contributed by atoms with Crippen molar-refractivity contribution in [2.45, 2.75) is 0 Å². The van der Waals surface area contributed by atoms with Crippen LogP contribution in [0.15, 0.2) is 0 Å². The summed E-state index contributed by atoms with van der Waals surface area (Å²) in [5.41, 5.74) is 0. The van der Waals surface area contributed by atoms with Gasteiger partial charge in [0.25, 0.3) is 0 Å². The van der Waals surface area contributed by atoms with Crippen LogP contribution in [0.1, 0.15) is 0 Å². The summed E-state index contributed by atoms with van der Waals surface area (Å²) < 4.78 is 0. The Morgan fingerprint density at radius 2 is 0.500 bits per heavy atom. The fourth-order valence-corrected chi connectivity index (χ4v) is 0. The Bertz CT molecular complexity index is 3.25. The largest absolute Gasteiger partial charge is 0.358 e. The summed E-state index contributed by atoms with van der Waals surface area (Å²) in [5, 5.41) is 0. The minimum Gasteiger partial charge on any atom is -0.358 e. The van der Waals surface area contributed by atoms with Crippen molar-refractivity contribution in [3.05, 3.63) is 7.43 Å². The summed E-state index contributed by atoms with van der Waals surface area (Å²) in [6.07, 6.45) is 0. The Morgan fingerprint density at radius 3 is 0.500 bits per heavy atom.